The fourth-order valence-corrected chi connectivity index (χ4v) is 3.79. The lowest BCUT2D eigenvalue weighted by molar-refractivity contribution is -0.145. The van der Waals surface area contributed by atoms with Crippen molar-refractivity contribution in [1.29, 1.82) is 0 Å². The highest BCUT2D eigenvalue weighted by molar-refractivity contribution is 6.74. The molecule has 0 unspecified atom stereocenters. The highest BCUT2D eigenvalue weighted by Crippen LogP contribution is 2.36. The van der Waals surface area contributed by atoms with Crippen LogP contribution in [0, 0.1) is 5.92 Å². The summed E-state index contributed by atoms with van der Waals surface area (Å²) in [5, 5.41) is 5.34. The number of alkyl carbamates (subject to hydrolysis) is 1. The Morgan fingerprint density at radius 1 is 1.03 bits per heavy atom. The van der Waals surface area contributed by atoms with Gasteiger partial charge in [0.05, 0.1) is 7.11 Å². The number of rotatable bonds is 11. The van der Waals surface area contributed by atoms with Crippen LogP contribution in [0.2, 0.25) is 18.1 Å². The SMILES string of the molecule is COC(=O)[C@H](CCO[Si](C)(C)C(C)(C)C)NC(=O)[C@H](NC(=O)OCc1ccccc1)C(C)C. The lowest BCUT2D eigenvalue weighted by Gasteiger charge is -2.36. The van der Waals surface area contributed by atoms with E-state index in [9.17, 15) is 14.4 Å². The number of carbonyl (C=O) groups is 3. The first kappa shape index (κ1) is 28.6. The van der Waals surface area contributed by atoms with Gasteiger partial charge in [-0.15, -0.1) is 0 Å². The Hall–Kier alpha value is -2.39. The van der Waals surface area contributed by atoms with Gasteiger partial charge in [-0.1, -0.05) is 65.0 Å². The van der Waals surface area contributed by atoms with Gasteiger partial charge in [0.2, 0.25) is 5.91 Å². The van der Waals surface area contributed by atoms with E-state index in [2.05, 4.69) is 44.5 Å². The van der Waals surface area contributed by atoms with E-state index in [0.717, 1.165) is 5.56 Å². The zero-order valence-electron chi connectivity index (χ0n) is 21.2. The molecule has 2 amide bonds. The first-order valence-corrected chi connectivity index (χ1v) is 14.2. The molecule has 0 saturated carbocycles. The minimum absolute atomic E-state index is 0.0315. The third kappa shape index (κ3) is 9.55. The van der Waals surface area contributed by atoms with Crippen molar-refractivity contribution in [3.8, 4) is 0 Å². The third-order valence-corrected chi connectivity index (χ3v) is 10.5. The maximum absolute atomic E-state index is 12.9. The van der Waals surface area contributed by atoms with Gasteiger partial charge in [-0.3, -0.25) is 4.79 Å². The van der Waals surface area contributed by atoms with Crippen LogP contribution in [0.4, 0.5) is 4.79 Å². The summed E-state index contributed by atoms with van der Waals surface area (Å²) in [5.41, 5.74) is 0.839. The van der Waals surface area contributed by atoms with Crippen molar-refractivity contribution in [3.63, 3.8) is 0 Å². The van der Waals surface area contributed by atoms with Crippen LogP contribution >= 0.6 is 0 Å². The van der Waals surface area contributed by atoms with Crippen molar-refractivity contribution in [3.05, 3.63) is 35.9 Å². The molecule has 0 bridgehead atoms. The van der Waals surface area contributed by atoms with Crippen molar-refractivity contribution in [1.82, 2.24) is 10.6 Å². The molecular formula is C24H40N2O6Si. The van der Waals surface area contributed by atoms with Gasteiger partial charge >= 0.3 is 12.1 Å². The van der Waals surface area contributed by atoms with Crippen LogP contribution in [0.3, 0.4) is 0 Å². The molecule has 1 rings (SSSR count). The van der Waals surface area contributed by atoms with Gasteiger partial charge in [-0.2, -0.15) is 0 Å². The molecule has 1 aromatic carbocycles. The second-order valence-corrected chi connectivity index (χ2v) is 14.7. The van der Waals surface area contributed by atoms with Crippen LogP contribution in [0.15, 0.2) is 30.3 Å². The molecule has 0 heterocycles. The zero-order valence-corrected chi connectivity index (χ0v) is 22.2. The second-order valence-electron chi connectivity index (χ2n) is 9.91. The maximum Gasteiger partial charge on any atom is 0.408 e. The van der Waals surface area contributed by atoms with Gasteiger partial charge in [0.25, 0.3) is 0 Å². The average Bonchev–Trinajstić information content (AvgIpc) is 2.74. The first-order chi connectivity index (χ1) is 15.3. The molecule has 0 aliphatic rings. The number of hydrogen-bond acceptors (Lipinski definition) is 6. The van der Waals surface area contributed by atoms with Crippen LogP contribution in [0.25, 0.3) is 0 Å². The van der Waals surface area contributed by atoms with Crippen molar-refractivity contribution < 1.29 is 28.3 Å². The quantitative estimate of drug-likeness (QED) is 0.366. The summed E-state index contributed by atoms with van der Waals surface area (Å²) < 4.78 is 16.2. The zero-order chi connectivity index (χ0) is 25.2. The fraction of sp³-hybridized carbons (Fsp3) is 0.625. The first-order valence-electron chi connectivity index (χ1n) is 11.3. The smallest absolute Gasteiger partial charge is 0.408 e. The fourth-order valence-electron chi connectivity index (χ4n) is 2.73. The number of hydrogen-bond donors (Lipinski definition) is 2. The lowest BCUT2D eigenvalue weighted by atomic mass is 10.0. The van der Waals surface area contributed by atoms with Crippen LogP contribution in [0.1, 0.15) is 46.6 Å². The number of esters is 1. The molecule has 0 radical (unpaired) electrons. The van der Waals surface area contributed by atoms with E-state index in [1.165, 1.54) is 7.11 Å². The molecule has 0 spiro atoms. The molecule has 0 aliphatic heterocycles. The molecule has 33 heavy (non-hydrogen) atoms. The average molecular weight is 481 g/mol. The third-order valence-electron chi connectivity index (χ3n) is 5.91. The summed E-state index contributed by atoms with van der Waals surface area (Å²) in [6.45, 7) is 14.7. The normalized spacial score (nSPS) is 13.7. The standard InChI is InChI=1S/C24H40N2O6Si/c1-17(2)20(26-23(29)31-16-18-12-10-9-11-13-18)21(27)25-19(22(28)30-6)14-15-32-33(7,8)24(3,4)5/h9-13,17,19-20H,14-16H2,1-8H3,(H,25,27)(H,26,29)/t19-,20+/m0/s1. The molecule has 0 aromatic heterocycles. The van der Waals surface area contributed by atoms with Gasteiger partial charge in [0.15, 0.2) is 8.32 Å². The number of methoxy groups -OCH3 is 1. The van der Waals surface area contributed by atoms with Crippen LogP contribution < -0.4 is 10.6 Å². The van der Waals surface area contributed by atoms with E-state index in [1.54, 1.807) is 13.8 Å². The summed E-state index contributed by atoms with van der Waals surface area (Å²) in [6.07, 6.45) is -0.433. The van der Waals surface area contributed by atoms with Gasteiger partial charge in [-0.25, -0.2) is 9.59 Å². The topological polar surface area (TPSA) is 103 Å². The number of carbonyl (C=O) groups excluding carboxylic acids is 3. The summed E-state index contributed by atoms with van der Waals surface area (Å²) in [4.78, 5) is 37.5. The minimum atomic E-state index is -1.99. The number of nitrogens with one attached hydrogen (secondary N) is 2. The van der Waals surface area contributed by atoms with Crippen molar-refractivity contribution in [2.75, 3.05) is 13.7 Å². The number of ether oxygens (including phenoxy) is 2. The van der Waals surface area contributed by atoms with E-state index in [0.29, 0.717) is 6.61 Å². The van der Waals surface area contributed by atoms with Crippen molar-refractivity contribution in [2.24, 2.45) is 5.92 Å². The molecule has 0 saturated heterocycles. The van der Waals surface area contributed by atoms with Crippen molar-refractivity contribution in [2.45, 2.75) is 77.9 Å². The molecule has 0 fully saturated rings. The van der Waals surface area contributed by atoms with E-state index >= 15 is 0 Å². The molecule has 2 N–H and O–H groups in total. The lowest BCUT2D eigenvalue weighted by Crippen LogP contribution is -2.54. The monoisotopic (exact) mass is 480 g/mol. The van der Waals surface area contributed by atoms with E-state index in [1.807, 2.05) is 30.3 Å². The maximum atomic E-state index is 12.9. The Bertz CT molecular complexity index is 777. The van der Waals surface area contributed by atoms with Gasteiger partial charge in [0, 0.05) is 13.0 Å². The van der Waals surface area contributed by atoms with Crippen LogP contribution in [0.5, 0.6) is 0 Å². The Morgan fingerprint density at radius 2 is 1.64 bits per heavy atom. The molecule has 186 valence electrons. The second kappa shape index (κ2) is 12.7. The molecule has 9 heteroatoms. The Balaban J connectivity index is 2.72. The van der Waals surface area contributed by atoms with E-state index in [-0.39, 0.29) is 24.0 Å². The van der Waals surface area contributed by atoms with Gasteiger partial charge in [-0.05, 0) is 29.6 Å². The largest absolute Gasteiger partial charge is 0.467 e. The predicted octanol–water partition coefficient (Wildman–Crippen LogP) is 4.01. The molecule has 0 aliphatic carbocycles. The Morgan fingerprint density at radius 3 is 2.15 bits per heavy atom. The van der Waals surface area contributed by atoms with E-state index < -0.39 is 38.4 Å². The van der Waals surface area contributed by atoms with Crippen molar-refractivity contribution >= 4 is 26.3 Å². The highest BCUT2D eigenvalue weighted by atomic mass is 28.4. The van der Waals surface area contributed by atoms with Crippen LogP contribution in [-0.2, 0) is 30.1 Å². The summed E-state index contributed by atoms with van der Waals surface area (Å²) in [6, 6.07) is 7.50. The van der Waals surface area contributed by atoms with E-state index in [4.69, 9.17) is 13.9 Å². The molecule has 8 nitrogen and oxygen atoms in total. The summed E-state index contributed by atoms with van der Waals surface area (Å²) in [5.74, 6) is -1.27. The summed E-state index contributed by atoms with van der Waals surface area (Å²) in [7, 11) is -0.721. The van der Waals surface area contributed by atoms with Crippen LogP contribution in [-0.4, -0.2) is 52.1 Å². The van der Waals surface area contributed by atoms with Gasteiger partial charge < -0.3 is 24.5 Å². The minimum Gasteiger partial charge on any atom is -0.467 e. The molecular weight excluding hydrogens is 440 g/mol. The number of amides is 2. The number of benzene rings is 1. The van der Waals surface area contributed by atoms with Gasteiger partial charge in [0.1, 0.15) is 18.7 Å². The predicted molar refractivity (Wildman–Crippen MR) is 130 cm³/mol. The molecule has 2 atom stereocenters. The Kier molecular flexibility index (Phi) is 11.1. The molecule has 1 aromatic rings. The summed E-state index contributed by atoms with van der Waals surface area (Å²) >= 11 is 0. The highest BCUT2D eigenvalue weighted by Gasteiger charge is 2.37. The Labute approximate surface area is 198 Å².